The molecule has 0 unspecified atom stereocenters. The predicted molar refractivity (Wildman–Crippen MR) is 62.5 cm³/mol. The average Bonchev–Trinajstić information content (AvgIpc) is 2.70. The Balaban J connectivity index is 2.53. The van der Waals surface area contributed by atoms with Crippen LogP contribution in [0.2, 0.25) is 0 Å². The molecule has 2 rings (SSSR count). The molecule has 1 aliphatic rings. The van der Waals surface area contributed by atoms with Crippen LogP contribution in [-0.4, -0.2) is 26.3 Å². The van der Waals surface area contributed by atoms with E-state index < -0.39 is 15.5 Å². The van der Waals surface area contributed by atoms with Gasteiger partial charge in [0.15, 0.2) is 5.78 Å². The second kappa shape index (κ2) is 4.22. The number of hydrogen-bond donors (Lipinski definition) is 0. The van der Waals surface area contributed by atoms with Crippen molar-refractivity contribution in [2.24, 2.45) is 0 Å². The Morgan fingerprint density at radius 1 is 1.32 bits per heavy atom. The van der Waals surface area contributed by atoms with Crippen molar-refractivity contribution >= 4 is 21.5 Å². The number of ketones is 1. The fraction of sp³-hybridized carbons (Fsp3) is 0.364. The van der Waals surface area contributed by atoms with Crippen LogP contribution in [-0.2, 0) is 16.4 Å². The normalized spacial score (nSPS) is 15.5. The molecule has 0 amide bonds. The van der Waals surface area contributed by atoms with E-state index in [1.54, 1.807) is 0 Å². The third-order valence-electron chi connectivity index (χ3n) is 2.93. The van der Waals surface area contributed by atoms with Crippen LogP contribution in [0.1, 0.15) is 22.8 Å². The van der Waals surface area contributed by atoms with E-state index in [-0.39, 0.29) is 30.0 Å². The summed E-state index contributed by atoms with van der Waals surface area (Å²) in [6, 6.07) is 4.15. The number of carbonyl (C=O) groups is 1. The van der Waals surface area contributed by atoms with Crippen LogP contribution < -0.4 is 4.31 Å². The molecule has 0 aromatic heterocycles. The molecule has 0 N–H and O–H groups in total. The first-order valence-corrected chi connectivity index (χ1v) is 6.81. The third-order valence-corrected chi connectivity index (χ3v) is 4.47. The summed E-state index contributed by atoms with van der Waals surface area (Å²) >= 11 is 0. The highest BCUT2D eigenvalue weighted by Crippen LogP contribution is 2.37. The maximum Gasteiger partial charge on any atom is 0.516 e. The Kier molecular flexibility index (Phi) is 3.08. The van der Waals surface area contributed by atoms with E-state index in [0.29, 0.717) is 9.87 Å². The Morgan fingerprint density at radius 2 is 1.95 bits per heavy atom. The van der Waals surface area contributed by atoms with Crippen LogP contribution in [0, 0.1) is 0 Å². The van der Waals surface area contributed by atoms with Gasteiger partial charge in [-0.05, 0) is 25.0 Å². The van der Waals surface area contributed by atoms with Crippen LogP contribution in [0.4, 0.5) is 18.9 Å². The lowest BCUT2D eigenvalue weighted by molar-refractivity contribution is -0.0437. The van der Waals surface area contributed by atoms with E-state index in [9.17, 15) is 26.4 Å². The number of benzene rings is 1. The zero-order chi connectivity index (χ0) is 14.4. The lowest BCUT2D eigenvalue weighted by atomic mass is 10.1. The fourth-order valence-corrected chi connectivity index (χ4v) is 2.95. The first-order valence-electron chi connectivity index (χ1n) is 5.37. The van der Waals surface area contributed by atoms with E-state index >= 15 is 0 Å². The van der Waals surface area contributed by atoms with Crippen LogP contribution in [0.25, 0.3) is 0 Å². The summed E-state index contributed by atoms with van der Waals surface area (Å²) in [4.78, 5) is 11.2. The van der Waals surface area contributed by atoms with Crippen molar-refractivity contribution < 1.29 is 26.4 Å². The topological polar surface area (TPSA) is 54.5 Å². The molecule has 19 heavy (non-hydrogen) atoms. The summed E-state index contributed by atoms with van der Waals surface area (Å²) in [6.07, 6.45) is 0.197. The number of rotatable bonds is 2. The Bertz CT molecular complexity index is 637. The van der Waals surface area contributed by atoms with Gasteiger partial charge in [0, 0.05) is 12.1 Å². The summed E-state index contributed by atoms with van der Waals surface area (Å²) < 4.78 is 60.8. The summed E-state index contributed by atoms with van der Waals surface area (Å²) in [7, 11) is -5.41. The van der Waals surface area contributed by atoms with Gasteiger partial charge in [0.25, 0.3) is 0 Å². The number of hydrogen-bond acceptors (Lipinski definition) is 3. The summed E-state index contributed by atoms with van der Waals surface area (Å²) in [5.74, 6) is -0.334. The van der Waals surface area contributed by atoms with Crippen molar-refractivity contribution in [1.29, 1.82) is 0 Å². The van der Waals surface area contributed by atoms with Crippen molar-refractivity contribution in [1.82, 2.24) is 0 Å². The Labute approximate surface area is 107 Å². The number of halogens is 3. The zero-order valence-corrected chi connectivity index (χ0v) is 10.7. The lowest BCUT2D eigenvalue weighted by Crippen LogP contribution is -2.39. The van der Waals surface area contributed by atoms with E-state index in [2.05, 4.69) is 0 Å². The molecule has 4 nitrogen and oxygen atoms in total. The van der Waals surface area contributed by atoms with Gasteiger partial charge in [-0.15, -0.1) is 0 Å². The van der Waals surface area contributed by atoms with Gasteiger partial charge in [-0.3, -0.25) is 9.10 Å². The van der Waals surface area contributed by atoms with Crippen molar-refractivity contribution in [3.63, 3.8) is 0 Å². The number of anilines is 1. The summed E-state index contributed by atoms with van der Waals surface area (Å²) in [5, 5.41) is 0. The summed E-state index contributed by atoms with van der Waals surface area (Å²) in [5.41, 5.74) is -4.74. The van der Waals surface area contributed by atoms with E-state index in [4.69, 9.17) is 0 Å². The predicted octanol–water partition coefficient (Wildman–Crippen LogP) is 2.10. The molecule has 0 saturated carbocycles. The van der Waals surface area contributed by atoms with Crippen molar-refractivity contribution in [2.45, 2.75) is 18.9 Å². The van der Waals surface area contributed by atoms with Gasteiger partial charge < -0.3 is 0 Å². The van der Waals surface area contributed by atoms with Gasteiger partial charge in [-0.1, -0.05) is 12.1 Å². The molecule has 0 spiro atoms. The number of nitrogens with zero attached hydrogens (tertiary/aromatic N) is 1. The number of alkyl halides is 3. The molecule has 0 radical (unpaired) electrons. The smallest absolute Gasteiger partial charge is 0.295 e. The molecule has 0 aliphatic carbocycles. The molecule has 1 aromatic carbocycles. The second-order valence-electron chi connectivity index (χ2n) is 4.17. The lowest BCUT2D eigenvalue weighted by Gasteiger charge is -2.21. The Morgan fingerprint density at radius 3 is 2.47 bits per heavy atom. The molecule has 0 fully saturated rings. The molecule has 0 saturated heterocycles. The van der Waals surface area contributed by atoms with Gasteiger partial charge in [-0.25, -0.2) is 0 Å². The van der Waals surface area contributed by atoms with Gasteiger partial charge in [0.05, 0.1) is 5.69 Å². The maximum absolute atomic E-state index is 12.5. The van der Waals surface area contributed by atoms with Crippen molar-refractivity contribution in [3.05, 3.63) is 29.3 Å². The number of Topliss-reactive ketones (excluding diaryl/α,β-unsaturated/α-hetero) is 1. The van der Waals surface area contributed by atoms with Gasteiger partial charge in [0.2, 0.25) is 0 Å². The molecule has 8 heteroatoms. The quantitative estimate of drug-likeness (QED) is 0.785. The minimum absolute atomic E-state index is 0.0648. The minimum Gasteiger partial charge on any atom is -0.295 e. The number of fused-ring (bicyclic) bond motifs is 1. The zero-order valence-electron chi connectivity index (χ0n) is 9.86. The van der Waals surface area contributed by atoms with Crippen LogP contribution in [0.5, 0.6) is 0 Å². The maximum atomic E-state index is 12.5. The summed E-state index contributed by atoms with van der Waals surface area (Å²) in [6.45, 7) is 0.998. The second-order valence-corrected chi connectivity index (χ2v) is 6.03. The van der Waals surface area contributed by atoms with Crippen molar-refractivity contribution in [2.75, 3.05) is 10.8 Å². The minimum atomic E-state index is -5.41. The largest absolute Gasteiger partial charge is 0.516 e. The standard InChI is InChI=1S/C11H10F3NO3S/c1-7(16)9-3-2-8-4-5-15(10(8)6-9)19(17,18)11(12,13)14/h2-3,6H,4-5H2,1H3. The molecular formula is C11H10F3NO3S. The van der Waals surface area contributed by atoms with Crippen molar-refractivity contribution in [3.8, 4) is 0 Å². The van der Waals surface area contributed by atoms with Gasteiger partial charge in [0.1, 0.15) is 0 Å². The molecule has 0 atom stereocenters. The molecule has 1 aromatic rings. The number of sulfonamides is 1. The van der Waals surface area contributed by atoms with Crippen LogP contribution in [0.15, 0.2) is 18.2 Å². The SMILES string of the molecule is CC(=O)c1ccc2c(c1)N(S(=O)(=O)C(F)(F)F)CC2. The van der Waals surface area contributed by atoms with E-state index in [1.165, 1.54) is 25.1 Å². The molecular weight excluding hydrogens is 283 g/mol. The highest BCUT2D eigenvalue weighted by molar-refractivity contribution is 7.93. The average molecular weight is 293 g/mol. The molecule has 104 valence electrons. The number of carbonyl (C=O) groups excluding carboxylic acids is 1. The highest BCUT2D eigenvalue weighted by Gasteiger charge is 2.51. The highest BCUT2D eigenvalue weighted by atomic mass is 32.2. The van der Waals surface area contributed by atoms with E-state index in [1.807, 2.05) is 0 Å². The third kappa shape index (κ3) is 2.20. The monoisotopic (exact) mass is 293 g/mol. The van der Waals surface area contributed by atoms with Crippen LogP contribution in [0.3, 0.4) is 0 Å². The molecule has 1 heterocycles. The van der Waals surface area contributed by atoms with Crippen LogP contribution >= 0.6 is 0 Å². The molecule has 1 aliphatic heterocycles. The van der Waals surface area contributed by atoms with Gasteiger partial charge in [-0.2, -0.15) is 21.6 Å². The first kappa shape index (κ1) is 13.9. The first-order chi connectivity index (χ1) is 8.64. The van der Waals surface area contributed by atoms with Gasteiger partial charge >= 0.3 is 15.5 Å². The Hall–Kier alpha value is -1.57. The van der Waals surface area contributed by atoms with E-state index in [0.717, 1.165) is 0 Å². The molecule has 0 bridgehead atoms. The fourth-order valence-electron chi connectivity index (χ4n) is 1.94.